The minimum absolute atomic E-state index is 0.0204. The number of nitrogens with zero attached hydrogens (tertiary/aromatic N) is 1. The highest BCUT2D eigenvalue weighted by molar-refractivity contribution is 5.76. The highest BCUT2D eigenvalue weighted by Crippen LogP contribution is 2.22. The number of esters is 1. The Bertz CT molecular complexity index is 491. The second kappa shape index (κ2) is 5.66. The summed E-state index contributed by atoms with van der Waals surface area (Å²) in [6.07, 6.45) is 0.279. The van der Waals surface area contributed by atoms with Gasteiger partial charge in [0.1, 0.15) is 17.9 Å². The molecule has 0 aliphatic carbocycles. The molecule has 2 atom stereocenters. The Morgan fingerprint density at radius 2 is 2.32 bits per heavy atom. The van der Waals surface area contributed by atoms with Gasteiger partial charge in [0.15, 0.2) is 0 Å². The average Bonchev–Trinajstić information content (AvgIpc) is 2.86. The van der Waals surface area contributed by atoms with E-state index in [1.165, 1.54) is 19.2 Å². The number of carbonyl (C=O) groups excluding carboxylic acids is 1. The number of rotatable bonds is 4. The molecule has 19 heavy (non-hydrogen) atoms. The fourth-order valence-corrected chi connectivity index (χ4v) is 1.98. The van der Waals surface area contributed by atoms with E-state index in [1.54, 1.807) is 12.1 Å². The fourth-order valence-electron chi connectivity index (χ4n) is 1.98. The van der Waals surface area contributed by atoms with Crippen LogP contribution in [-0.4, -0.2) is 36.7 Å². The molecule has 0 radical (unpaired) electrons. The molecule has 1 N–H and O–H groups in total. The minimum Gasteiger partial charge on any atom is -0.489 e. The summed E-state index contributed by atoms with van der Waals surface area (Å²) in [5, 5.41) is 13.6. The Hall–Kier alpha value is -2.15. The molecule has 0 unspecified atom stereocenters. The molecule has 1 aliphatic rings. The van der Waals surface area contributed by atoms with Gasteiger partial charge in [-0.3, -0.25) is 14.9 Å². The number of carbonyl (C=O) groups is 1. The van der Waals surface area contributed by atoms with Crippen LogP contribution in [0, 0.1) is 10.1 Å². The van der Waals surface area contributed by atoms with Crippen LogP contribution < -0.4 is 10.1 Å². The lowest BCUT2D eigenvalue weighted by Gasteiger charge is -2.12. The third-order valence-corrected chi connectivity index (χ3v) is 2.91. The zero-order valence-electron chi connectivity index (χ0n) is 10.4. The molecule has 7 nitrogen and oxygen atoms in total. The van der Waals surface area contributed by atoms with E-state index in [0.29, 0.717) is 18.7 Å². The molecular formula is C12H14N2O5. The standard InChI is InChI=1S/C12H14N2O5/c1-18-12(15)11-6-10(7-13-11)19-9-4-2-3-8(5-9)14(16)17/h2-5,10-11,13H,6-7H2,1H3/t10-,11-/m0/s1. The second-order valence-electron chi connectivity index (χ2n) is 4.21. The normalized spacial score (nSPS) is 21.9. The Labute approximate surface area is 109 Å². The lowest BCUT2D eigenvalue weighted by atomic mass is 10.2. The number of nitro groups is 1. The molecule has 0 aromatic heterocycles. The number of nitro benzene ring substituents is 1. The zero-order valence-corrected chi connectivity index (χ0v) is 10.4. The summed E-state index contributed by atoms with van der Waals surface area (Å²) in [7, 11) is 1.33. The van der Waals surface area contributed by atoms with Crippen molar-refractivity contribution >= 4 is 11.7 Å². The number of nitrogens with one attached hydrogen (secondary N) is 1. The van der Waals surface area contributed by atoms with Gasteiger partial charge < -0.3 is 14.8 Å². The van der Waals surface area contributed by atoms with Gasteiger partial charge >= 0.3 is 5.97 Å². The van der Waals surface area contributed by atoms with Crippen molar-refractivity contribution in [3.05, 3.63) is 34.4 Å². The summed E-state index contributed by atoms with van der Waals surface area (Å²) in [4.78, 5) is 21.5. The predicted molar refractivity (Wildman–Crippen MR) is 65.9 cm³/mol. The Kier molecular flexibility index (Phi) is 3.96. The molecule has 1 aromatic rings. The first-order chi connectivity index (χ1) is 9.10. The molecule has 1 saturated heterocycles. The van der Waals surface area contributed by atoms with E-state index in [1.807, 2.05) is 0 Å². The molecule has 0 amide bonds. The van der Waals surface area contributed by atoms with Crippen molar-refractivity contribution < 1.29 is 19.2 Å². The van der Waals surface area contributed by atoms with E-state index >= 15 is 0 Å². The third-order valence-electron chi connectivity index (χ3n) is 2.91. The summed E-state index contributed by atoms with van der Waals surface area (Å²) < 4.78 is 10.3. The third kappa shape index (κ3) is 3.19. The van der Waals surface area contributed by atoms with Crippen LogP contribution in [0.1, 0.15) is 6.42 Å². The van der Waals surface area contributed by atoms with Gasteiger partial charge in [-0.05, 0) is 6.07 Å². The summed E-state index contributed by atoms with van der Waals surface area (Å²) in [6, 6.07) is 5.60. The average molecular weight is 266 g/mol. The lowest BCUT2D eigenvalue weighted by molar-refractivity contribution is -0.384. The number of non-ortho nitro benzene ring substituents is 1. The summed E-state index contributed by atoms with van der Waals surface area (Å²) in [5.74, 6) is 0.0941. The molecule has 1 heterocycles. The number of hydrogen-bond acceptors (Lipinski definition) is 6. The molecular weight excluding hydrogens is 252 g/mol. The van der Waals surface area contributed by atoms with Crippen molar-refractivity contribution in [3.8, 4) is 5.75 Å². The van der Waals surface area contributed by atoms with Crippen LogP contribution in [0.3, 0.4) is 0 Å². The maximum absolute atomic E-state index is 11.3. The van der Waals surface area contributed by atoms with Crippen molar-refractivity contribution in [2.75, 3.05) is 13.7 Å². The Balaban J connectivity index is 1.97. The SMILES string of the molecule is COC(=O)[C@@H]1C[C@H](Oc2cccc([N+](=O)[O-])c2)CN1. The molecule has 7 heteroatoms. The molecule has 0 saturated carbocycles. The van der Waals surface area contributed by atoms with Gasteiger partial charge in [0.2, 0.25) is 0 Å². The maximum atomic E-state index is 11.3. The van der Waals surface area contributed by atoms with E-state index in [0.717, 1.165) is 0 Å². The van der Waals surface area contributed by atoms with Crippen molar-refractivity contribution in [2.24, 2.45) is 0 Å². The van der Waals surface area contributed by atoms with Crippen molar-refractivity contribution in [3.63, 3.8) is 0 Å². The first-order valence-corrected chi connectivity index (χ1v) is 5.82. The molecule has 1 fully saturated rings. The first-order valence-electron chi connectivity index (χ1n) is 5.82. The number of methoxy groups -OCH3 is 1. The van der Waals surface area contributed by atoms with Crippen LogP contribution in [0.25, 0.3) is 0 Å². The van der Waals surface area contributed by atoms with E-state index in [2.05, 4.69) is 10.1 Å². The van der Waals surface area contributed by atoms with Crippen LogP contribution >= 0.6 is 0 Å². The quantitative estimate of drug-likeness (QED) is 0.494. The molecule has 1 aromatic carbocycles. The van der Waals surface area contributed by atoms with Crippen LogP contribution in [-0.2, 0) is 9.53 Å². The van der Waals surface area contributed by atoms with Gasteiger partial charge in [-0.25, -0.2) is 0 Å². The topological polar surface area (TPSA) is 90.7 Å². The second-order valence-corrected chi connectivity index (χ2v) is 4.21. The summed E-state index contributed by atoms with van der Waals surface area (Å²) >= 11 is 0. The highest BCUT2D eigenvalue weighted by atomic mass is 16.6. The monoisotopic (exact) mass is 266 g/mol. The predicted octanol–water partition coefficient (Wildman–Crippen LogP) is 0.877. The molecule has 0 bridgehead atoms. The zero-order chi connectivity index (χ0) is 13.8. The highest BCUT2D eigenvalue weighted by Gasteiger charge is 2.31. The lowest BCUT2D eigenvalue weighted by Crippen LogP contribution is -2.31. The van der Waals surface area contributed by atoms with Gasteiger partial charge in [-0.15, -0.1) is 0 Å². The van der Waals surface area contributed by atoms with Crippen molar-refractivity contribution in [1.82, 2.24) is 5.32 Å². The van der Waals surface area contributed by atoms with Gasteiger partial charge in [0.25, 0.3) is 5.69 Å². The Morgan fingerprint density at radius 1 is 1.53 bits per heavy atom. The fraction of sp³-hybridized carbons (Fsp3) is 0.417. The van der Waals surface area contributed by atoms with Crippen LogP contribution in [0.4, 0.5) is 5.69 Å². The van der Waals surface area contributed by atoms with Gasteiger partial charge in [0.05, 0.1) is 18.1 Å². The summed E-state index contributed by atoms with van der Waals surface area (Å²) in [6.45, 7) is 0.502. The van der Waals surface area contributed by atoms with E-state index in [4.69, 9.17) is 4.74 Å². The van der Waals surface area contributed by atoms with Crippen molar-refractivity contribution in [2.45, 2.75) is 18.6 Å². The first kappa shape index (κ1) is 13.3. The van der Waals surface area contributed by atoms with Crippen LogP contribution in [0.5, 0.6) is 5.75 Å². The smallest absolute Gasteiger partial charge is 0.323 e. The Morgan fingerprint density at radius 3 is 3.00 bits per heavy atom. The minimum atomic E-state index is -0.475. The van der Waals surface area contributed by atoms with Crippen LogP contribution in [0.15, 0.2) is 24.3 Å². The van der Waals surface area contributed by atoms with Gasteiger partial charge in [-0.2, -0.15) is 0 Å². The van der Waals surface area contributed by atoms with Gasteiger partial charge in [-0.1, -0.05) is 6.07 Å². The van der Waals surface area contributed by atoms with E-state index in [-0.39, 0.29) is 23.8 Å². The number of benzene rings is 1. The van der Waals surface area contributed by atoms with E-state index < -0.39 is 4.92 Å². The van der Waals surface area contributed by atoms with E-state index in [9.17, 15) is 14.9 Å². The summed E-state index contributed by atoms with van der Waals surface area (Å²) in [5.41, 5.74) is -0.0204. The molecule has 102 valence electrons. The molecule has 0 spiro atoms. The number of hydrogen-bond donors (Lipinski definition) is 1. The maximum Gasteiger partial charge on any atom is 0.323 e. The molecule has 2 rings (SSSR count). The van der Waals surface area contributed by atoms with Crippen LogP contribution in [0.2, 0.25) is 0 Å². The number of ether oxygens (including phenoxy) is 2. The van der Waals surface area contributed by atoms with Crippen molar-refractivity contribution in [1.29, 1.82) is 0 Å². The largest absolute Gasteiger partial charge is 0.489 e. The molecule has 1 aliphatic heterocycles. The van der Waals surface area contributed by atoms with Gasteiger partial charge in [0, 0.05) is 19.0 Å².